The molecule has 11 heterocycles. The van der Waals surface area contributed by atoms with E-state index >= 15 is 0 Å². The molecule has 8 aromatic heterocycles. The maximum absolute atomic E-state index is 13.4. The van der Waals surface area contributed by atoms with Gasteiger partial charge in [-0.1, -0.05) is 189 Å². The van der Waals surface area contributed by atoms with Crippen molar-refractivity contribution in [3.63, 3.8) is 0 Å². The van der Waals surface area contributed by atoms with Crippen molar-refractivity contribution in [3.8, 4) is 17.1 Å². The number of nitrogen functional groups attached to an aromatic ring is 1. The number of nitrogens with zero attached hydrogens (tertiary/aromatic N) is 17. The Hall–Kier alpha value is -12.7. The smallest absolute Gasteiger partial charge is 0.410 e. The molecule has 15 aromatic rings. The van der Waals surface area contributed by atoms with E-state index in [2.05, 4.69) is 235 Å². The maximum atomic E-state index is 13.4. The standard InChI is InChI=1S/C32H40N6O3.C27H32N6O.C19H24N4OS.C14H20N2O2.C10H13Br.C9H12N4OS.ClH/c1-20(2)37-28(39)26-18-33-29(35-27(26)38(37)25-11-9-10-23(17-25)31(3,4)5)34-24-13-12-21-14-15-36(19-22(21)16-24)30(40)41-32(6,7)8;1-17(2)32-25(34)23-16-29-26(30-21-10-9-18-11-12-28-15-19(18)13-21)31-24(23)33(32)22-8-6-7-20(14-22)27(3,4)5;1-12(2)22-17(24)15-11-20-18(25-6)21-16(15)23(22)14-9-7-8-13(10-14)19(3,4)5;1-14(2,3)18-13(17)16-7-6-10-4-5-12(15)8-11(10)9-16;1-10(2,3)8-5-4-6-9(11)7-8;1-5(2)13-8(14)6-4-10-9(15-3)11-7(6)12-13;/h9-13,16-18,20H,14-15,19H2,1-8H3,(H,33,34,35);6-10,13-14,16-17,28H,11-12,15H2,1-5H3,(H,29,30,31);7-12H,1-6H3;4-5,8H,6-7,9,15H2,1-3H3;4-7H,1-3H3;4-5H,1-3H3,(H,10,11,12);1H. The van der Waals surface area contributed by atoms with Gasteiger partial charge in [0.25, 0.3) is 22.2 Å². The number of carbonyl (C=O) groups is 2. The van der Waals surface area contributed by atoms with E-state index in [-0.39, 0.29) is 92.7 Å². The molecule has 0 saturated carbocycles. The zero-order valence-electron chi connectivity index (χ0n) is 89.0. The number of carbonyl (C=O) groups excluding carboxylic acids is 2. The molecule has 0 unspecified atom stereocenters. The Morgan fingerprint density at radius 2 is 0.779 bits per heavy atom. The molecule has 770 valence electrons. The first-order valence-electron chi connectivity index (χ1n) is 49.1. The molecular weight excluding hydrogens is 1950 g/mol. The summed E-state index contributed by atoms with van der Waals surface area (Å²) in [5.74, 6) is 0.858. The fraction of sp³-hybridized carbons (Fsp3) is 0.423. The molecule has 0 fully saturated rings. The summed E-state index contributed by atoms with van der Waals surface area (Å²) >= 11 is 6.38. The second kappa shape index (κ2) is 45.5. The first-order valence-corrected chi connectivity index (χ1v) is 52.4. The zero-order chi connectivity index (χ0) is 105. The molecule has 7 aromatic carbocycles. The lowest BCUT2D eigenvalue weighted by Gasteiger charge is -2.31. The number of amides is 2. The Balaban J connectivity index is 0.000000163. The summed E-state index contributed by atoms with van der Waals surface area (Å²) in [6.45, 7) is 57.7. The third-order valence-corrected chi connectivity index (χ3v) is 26.2. The molecule has 0 saturated heterocycles. The number of ether oxygens (including phenoxy) is 2. The van der Waals surface area contributed by atoms with Crippen LogP contribution in [-0.4, -0.2) is 143 Å². The van der Waals surface area contributed by atoms with Crippen molar-refractivity contribution in [2.24, 2.45) is 0 Å². The number of nitrogens with two attached hydrogens (primary N) is 1. The molecule has 0 bridgehead atoms. The molecule has 0 atom stereocenters. The predicted octanol–water partition coefficient (Wildman–Crippen LogP) is 23.7. The first-order chi connectivity index (χ1) is 67.6. The van der Waals surface area contributed by atoms with Crippen LogP contribution in [0.4, 0.5) is 38.5 Å². The lowest BCUT2D eigenvalue weighted by Crippen LogP contribution is -2.39. The van der Waals surface area contributed by atoms with Gasteiger partial charge in [-0.3, -0.25) is 24.3 Å². The number of rotatable bonds is 13. The highest BCUT2D eigenvalue weighted by atomic mass is 79.9. The zero-order valence-corrected chi connectivity index (χ0v) is 93.0. The topological polar surface area (TPSA) is 343 Å². The van der Waals surface area contributed by atoms with Crippen molar-refractivity contribution >= 4 is 137 Å². The van der Waals surface area contributed by atoms with Gasteiger partial charge in [-0.25, -0.2) is 72.3 Å². The van der Waals surface area contributed by atoms with E-state index in [9.17, 15) is 28.8 Å². The second-order valence-electron chi connectivity index (χ2n) is 43.8. The van der Waals surface area contributed by atoms with Crippen molar-refractivity contribution < 1.29 is 19.1 Å². The van der Waals surface area contributed by atoms with E-state index in [1.807, 2.05) is 190 Å². The van der Waals surface area contributed by atoms with Gasteiger partial charge in [-0.15, -0.1) is 12.4 Å². The fourth-order valence-electron chi connectivity index (χ4n) is 17.0. The number of aromatic nitrogens is 16. The van der Waals surface area contributed by atoms with Gasteiger partial charge in [0.15, 0.2) is 32.9 Å². The molecule has 0 aliphatic carbocycles. The third-order valence-electron chi connectivity index (χ3n) is 24.6. The predicted molar refractivity (Wildman–Crippen MR) is 595 cm³/mol. The van der Waals surface area contributed by atoms with E-state index < -0.39 is 11.2 Å². The highest BCUT2D eigenvalue weighted by Gasteiger charge is 2.32. The van der Waals surface area contributed by atoms with Crippen LogP contribution >= 0.6 is 51.9 Å². The molecule has 0 radical (unpaired) electrons. The highest BCUT2D eigenvalue weighted by molar-refractivity contribution is 9.10. The van der Waals surface area contributed by atoms with Gasteiger partial charge in [0.2, 0.25) is 11.9 Å². The number of hydrogen-bond donors (Lipinski definition) is 5. The molecular formula is C111H142BrClN22O8S2. The summed E-state index contributed by atoms with van der Waals surface area (Å²) in [6, 6.07) is 51.7. The van der Waals surface area contributed by atoms with Crippen LogP contribution in [0.5, 0.6) is 0 Å². The normalized spacial score (nSPS) is 13.3. The van der Waals surface area contributed by atoms with Crippen molar-refractivity contribution in [1.82, 2.24) is 92.9 Å². The second-order valence-corrected chi connectivity index (χ2v) is 46.2. The van der Waals surface area contributed by atoms with Crippen LogP contribution < -0.4 is 43.9 Å². The molecule has 30 nitrogen and oxygen atoms in total. The number of anilines is 5. The van der Waals surface area contributed by atoms with Crippen molar-refractivity contribution in [2.45, 2.75) is 286 Å². The fourth-order valence-corrected chi connectivity index (χ4v) is 18.0. The first kappa shape index (κ1) is 111. The molecule has 3 aliphatic rings. The largest absolute Gasteiger partial charge is 0.444 e. The van der Waals surface area contributed by atoms with Gasteiger partial charge in [0, 0.05) is 103 Å². The van der Waals surface area contributed by atoms with Gasteiger partial charge in [-0.05, 0) is 297 Å². The van der Waals surface area contributed by atoms with Crippen molar-refractivity contribution in [3.05, 3.63) is 278 Å². The Morgan fingerprint density at radius 3 is 1.17 bits per heavy atom. The Morgan fingerprint density at radius 1 is 0.414 bits per heavy atom. The van der Waals surface area contributed by atoms with E-state index in [1.54, 1.807) is 53.3 Å². The van der Waals surface area contributed by atoms with E-state index in [4.69, 9.17) is 25.2 Å². The Labute approximate surface area is 872 Å². The van der Waals surface area contributed by atoms with Gasteiger partial charge >= 0.3 is 12.2 Å². The summed E-state index contributed by atoms with van der Waals surface area (Å²) < 4.78 is 24.7. The number of thioether (sulfide) groups is 2. The monoisotopic (exact) mass is 2090 g/mol. The summed E-state index contributed by atoms with van der Waals surface area (Å²) in [7, 11) is 0. The van der Waals surface area contributed by atoms with E-state index in [0.717, 1.165) is 82.1 Å². The SMILES string of the molecule is CC(C)(C)OC(=O)N1CCc2ccc(N)cc2C1.CC(C)(C)c1cccc(Br)c1.CC(C)n1c(=O)c2cnc(Nc3ccc4c(c3)CN(C(=O)OC(C)(C)C)CC4)nc2n1-c1cccc(C(C)(C)C)c1.CC(C)n1c(=O)c2cnc(Nc3ccc4c(c3)CNCC4)nc2n1-c1cccc(C(C)(C)C)c1.CSc1ncc2c(=O)n(C(C)C)[nH]c2n1.CSc1ncc2c(=O)n(C(C)C)n(-c3cccc(C(C)(C)C)c3)c2n1.Cl. The van der Waals surface area contributed by atoms with Gasteiger partial charge in [0.05, 0.1) is 17.1 Å². The minimum Gasteiger partial charge on any atom is -0.444 e. The molecule has 6 N–H and O–H groups in total. The lowest BCUT2D eigenvalue weighted by atomic mass is 9.87. The quantitative estimate of drug-likeness (QED) is 0.0407. The average Bonchev–Trinajstić information content (AvgIpc) is 1.60. The number of nitrogens with one attached hydrogen (secondary N) is 4. The van der Waals surface area contributed by atoms with Crippen molar-refractivity contribution in [1.29, 1.82) is 0 Å². The van der Waals surface area contributed by atoms with Crippen LogP contribution in [0.3, 0.4) is 0 Å². The minimum absolute atomic E-state index is 0. The van der Waals surface area contributed by atoms with Gasteiger partial charge < -0.3 is 41.0 Å². The van der Waals surface area contributed by atoms with Crippen LogP contribution in [-0.2, 0) is 70.0 Å². The highest BCUT2D eigenvalue weighted by Crippen LogP contribution is 2.35. The van der Waals surface area contributed by atoms with Crippen LogP contribution in [0.1, 0.15) is 260 Å². The molecule has 0 spiro atoms. The number of hydrogen-bond acceptors (Lipinski definition) is 22. The Kier molecular flexibility index (Phi) is 34.9. The van der Waals surface area contributed by atoms with Crippen LogP contribution in [0, 0.1) is 0 Å². The van der Waals surface area contributed by atoms with E-state index in [0.29, 0.717) is 92.5 Å². The Bertz CT molecular complexity index is 7450. The number of aromatic amines is 1. The molecule has 18 rings (SSSR count). The van der Waals surface area contributed by atoms with Crippen molar-refractivity contribution in [2.75, 3.05) is 48.5 Å². The summed E-state index contributed by atoms with van der Waals surface area (Å²) in [4.78, 5) is 115. The van der Waals surface area contributed by atoms with Gasteiger partial charge in [0.1, 0.15) is 32.7 Å². The molecule has 2 amide bonds. The maximum Gasteiger partial charge on any atom is 0.410 e. The molecule has 3 aliphatic heterocycles. The summed E-state index contributed by atoms with van der Waals surface area (Å²) in [5.41, 5.74) is 24.5. The van der Waals surface area contributed by atoms with Crippen LogP contribution in [0.15, 0.2) is 210 Å². The number of fused-ring (bicyclic) bond motifs is 7. The van der Waals surface area contributed by atoms with E-state index in [1.165, 1.54) is 68.0 Å². The summed E-state index contributed by atoms with van der Waals surface area (Å²) in [6.07, 6.45) is 12.4. The minimum atomic E-state index is -0.542. The average molecular weight is 2090 g/mol. The number of H-pyrrole nitrogens is 1. The molecule has 145 heavy (non-hydrogen) atoms. The lowest BCUT2D eigenvalue weighted by molar-refractivity contribution is 0.0214. The van der Waals surface area contributed by atoms with Crippen LogP contribution in [0.25, 0.3) is 61.2 Å². The third kappa shape index (κ3) is 27.0. The van der Waals surface area contributed by atoms with Gasteiger partial charge in [-0.2, -0.15) is 9.97 Å². The number of halogens is 2. The number of benzene rings is 7. The summed E-state index contributed by atoms with van der Waals surface area (Å²) in [5, 5.41) is 16.4. The molecule has 34 heteroatoms. The van der Waals surface area contributed by atoms with Crippen LogP contribution in [0.2, 0.25) is 0 Å².